The number of aryl methyl sites for hydroxylation is 1. The van der Waals surface area contributed by atoms with E-state index in [2.05, 4.69) is 0 Å². The highest BCUT2D eigenvalue weighted by molar-refractivity contribution is 5.38. The third-order valence-corrected chi connectivity index (χ3v) is 2.71. The molecule has 1 aromatic rings. The Hall–Kier alpha value is -1.06. The van der Waals surface area contributed by atoms with Crippen molar-refractivity contribution in [2.75, 3.05) is 20.3 Å². The predicted octanol–water partition coefficient (Wildman–Crippen LogP) is 2.85. The van der Waals surface area contributed by atoms with Gasteiger partial charge in [-0.2, -0.15) is 0 Å². The molecule has 1 rings (SSSR count). The van der Waals surface area contributed by atoms with Crippen LogP contribution in [0.5, 0.6) is 5.75 Å². The van der Waals surface area contributed by atoms with Gasteiger partial charge >= 0.3 is 0 Å². The molecule has 0 saturated heterocycles. The van der Waals surface area contributed by atoms with E-state index in [1.54, 1.807) is 7.11 Å². The molecule has 0 radical (unpaired) electrons. The first-order chi connectivity index (χ1) is 8.19. The number of aliphatic hydroxyl groups excluding tert-OH is 1. The van der Waals surface area contributed by atoms with Crippen LogP contribution < -0.4 is 4.74 Å². The lowest BCUT2D eigenvalue weighted by atomic mass is 10.0. The molecule has 0 aliphatic carbocycles. The van der Waals surface area contributed by atoms with Crippen molar-refractivity contribution in [2.45, 2.75) is 32.8 Å². The fourth-order valence-corrected chi connectivity index (χ4v) is 1.79. The molecule has 0 fully saturated rings. The van der Waals surface area contributed by atoms with Gasteiger partial charge in [0.25, 0.3) is 0 Å². The highest BCUT2D eigenvalue weighted by Crippen LogP contribution is 2.28. The van der Waals surface area contributed by atoms with Crippen LogP contribution in [0.1, 0.15) is 37.0 Å². The quantitative estimate of drug-likeness (QED) is 0.742. The molecule has 0 spiro atoms. The Morgan fingerprint density at radius 2 is 2.12 bits per heavy atom. The number of methoxy groups -OCH3 is 1. The lowest BCUT2D eigenvalue weighted by Crippen LogP contribution is -2.03. The van der Waals surface area contributed by atoms with E-state index in [4.69, 9.17) is 9.47 Å². The summed E-state index contributed by atoms with van der Waals surface area (Å²) in [4.78, 5) is 0. The van der Waals surface area contributed by atoms with Gasteiger partial charge in [-0.1, -0.05) is 11.6 Å². The van der Waals surface area contributed by atoms with E-state index in [0.717, 1.165) is 29.9 Å². The van der Waals surface area contributed by atoms with Gasteiger partial charge < -0.3 is 14.6 Å². The monoisotopic (exact) mass is 238 g/mol. The Kier molecular flexibility index (Phi) is 6.01. The summed E-state index contributed by atoms with van der Waals surface area (Å²) in [7, 11) is 1.63. The number of hydrogen-bond acceptors (Lipinski definition) is 3. The molecule has 0 heterocycles. The molecular formula is C14H22O3. The number of hydrogen-bond donors (Lipinski definition) is 1. The van der Waals surface area contributed by atoms with Crippen molar-refractivity contribution in [3.8, 4) is 5.75 Å². The lowest BCUT2D eigenvalue weighted by Gasteiger charge is -2.15. The van der Waals surface area contributed by atoms with Gasteiger partial charge in [0.2, 0.25) is 0 Å². The average Bonchev–Trinajstić information content (AvgIpc) is 2.34. The molecule has 1 atom stereocenters. The molecule has 0 aromatic heterocycles. The highest BCUT2D eigenvalue weighted by atomic mass is 16.5. The zero-order chi connectivity index (χ0) is 12.7. The van der Waals surface area contributed by atoms with E-state index in [-0.39, 0.29) is 0 Å². The summed E-state index contributed by atoms with van der Waals surface area (Å²) in [5, 5.41) is 10.1. The molecule has 3 nitrogen and oxygen atoms in total. The number of rotatable bonds is 7. The molecule has 17 heavy (non-hydrogen) atoms. The van der Waals surface area contributed by atoms with Crippen molar-refractivity contribution in [3.05, 3.63) is 29.3 Å². The fraction of sp³-hybridized carbons (Fsp3) is 0.571. The van der Waals surface area contributed by atoms with Crippen LogP contribution in [0.4, 0.5) is 0 Å². The zero-order valence-electron chi connectivity index (χ0n) is 10.9. The number of benzene rings is 1. The van der Waals surface area contributed by atoms with Crippen LogP contribution >= 0.6 is 0 Å². The second-order valence-electron chi connectivity index (χ2n) is 4.10. The van der Waals surface area contributed by atoms with Crippen molar-refractivity contribution in [3.63, 3.8) is 0 Å². The lowest BCUT2D eigenvalue weighted by molar-refractivity contribution is 0.113. The third kappa shape index (κ3) is 4.36. The van der Waals surface area contributed by atoms with Crippen LogP contribution in [0.3, 0.4) is 0 Å². The SMILES string of the molecule is CCOCCCC(O)c1cc(C)ccc1OC. The summed E-state index contributed by atoms with van der Waals surface area (Å²) in [6.45, 7) is 5.40. The van der Waals surface area contributed by atoms with E-state index in [9.17, 15) is 5.11 Å². The van der Waals surface area contributed by atoms with Crippen LogP contribution in [-0.2, 0) is 4.74 Å². The van der Waals surface area contributed by atoms with E-state index in [1.165, 1.54) is 0 Å². The van der Waals surface area contributed by atoms with Crippen molar-refractivity contribution < 1.29 is 14.6 Å². The van der Waals surface area contributed by atoms with Crippen molar-refractivity contribution in [1.29, 1.82) is 0 Å². The Bertz CT molecular complexity index is 336. The summed E-state index contributed by atoms with van der Waals surface area (Å²) in [6.07, 6.45) is 1.07. The molecular weight excluding hydrogens is 216 g/mol. The Morgan fingerprint density at radius 1 is 1.35 bits per heavy atom. The van der Waals surface area contributed by atoms with Crippen LogP contribution in [0, 0.1) is 6.92 Å². The second kappa shape index (κ2) is 7.30. The van der Waals surface area contributed by atoms with Gasteiger partial charge in [-0.15, -0.1) is 0 Å². The molecule has 0 bridgehead atoms. The zero-order valence-corrected chi connectivity index (χ0v) is 10.9. The summed E-state index contributed by atoms with van der Waals surface area (Å²) >= 11 is 0. The van der Waals surface area contributed by atoms with Gasteiger partial charge in [0, 0.05) is 18.8 Å². The number of ether oxygens (including phenoxy) is 2. The minimum atomic E-state index is -0.481. The first-order valence-electron chi connectivity index (χ1n) is 6.09. The van der Waals surface area contributed by atoms with Crippen LogP contribution in [0.25, 0.3) is 0 Å². The summed E-state index contributed by atoms with van der Waals surface area (Å²) in [5.74, 6) is 0.750. The molecule has 3 heteroatoms. The Morgan fingerprint density at radius 3 is 2.76 bits per heavy atom. The van der Waals surface area contributed by atoms with Gasteiger partial charge in [-0.25, -0.2) is 0 Å². The predicted molar refractivity (Wildman–Crippen MR) is 68.4 cm³/mol. The summed E-state index contributed by atoms with van der Waals surface area (Å²) in [6, 6.07) is 5.86. The third-order valence-electron chi connectivity index (χ3n) is 2.71. The maximum atomic E-state index is 10.1. The van der Waals surface area contributed by atoms with E-state index in [0.29, 0.717) is 13.0 Å². The molecule has 0 aliphatic rings. The molecule has 0 amide bonds. The van der Waals surface area contributed by atoms with Gasteiger partial charge in [0.15, 0.2) is 0 Å². The van der Waals surface area contributed by atoms with Gasteiger partial charge in [-0.3, -0.25) is 0 Å². The second-order valence-corrected chi connectivity index (χ2v) is 4.10. The molecule has 1 aromatic carbocycles. The molecule has 1 unspecified atom stereocenters. The smallest absolute Gasteiger partial charge is 0.124 e. The summed E-state index contributed by atoms with van der Waals surface area (Å²) < 4.78 is 10.5. The average molecular weight is 238 g/mol. The van der Waals surface area contributed by atoms with Crippen LogP contribution in [-0.4, -0.2) is 25.4 Å². The maximum Gasteiger partial charge on any atom is 0.124 e. The highest BCUT2D eigenvalue weighted by Gasteiger charge is 2.13. The van der Waals surface area contributed by atoms with E-state index >= 15 is 0 Å². The van der Waals surface area contributed by atoms with Gasteiger partial charge in [-0.05, 0) is 38.8 Å². The minimum absolute atomic E-state index is 0.481. The van der Waals surface area contributed by atoms with Crippen molar-refractivity contribution >= 4 is 0 Å². The van der Waals surface area contributed by atoms with Gasteiger partial charge in [0.05, 0.1) is 13.2 Å². The first kappa shape index (κ1) is 14.0. The minimum Gasteiger partial charge on any atom is -0.496 e. The number of aliphatic hydroxyl groups is 1. The Balaban J connectivity index is 2.60. The van der Waals surface area contributed by atoms with Crippen LogP contribution in [0.15, 0.2) is 18.2 Å². The Labute approximate surface area is 103 Å². The van der Waals surface area contributed by atoms with Gasteiger partial charge in [0.1, 0.15) is 5.75 Å². The molecule has 0 aliphatic heterocycles. The topological polar surface area (TPSA) is 38.7 Å². The summed E-state index contributed by atoms with van der Waals surface area (Å²) in [5.41, 5.74) is 1.99. The largest absolute Gasteiger partial charge is 0.496 e. The maximum absolute atomic E-state index is 10.1. The first-order valence-corrected chi connectivity index (χ1v) is 6.09. The van der Waals surface area contributed by atoms with E-state index < -0.39 is 6.10 Å². The standard InChI is InChI=1S/C14H22O3/c1-4-17-9-5-6-13(15)12-10-11(2)7-8-14(12)16-3/h7-8,10,13,15H,4-6,9H2,1-3H3. The normalized spacial score (nSPS) is 12.5. The van der Waals surface area contributed by atoms with Crippen molar-refractivity contribution in [1.82, 2.24) is 0 Å². The fourth-order valence-electron chi connectivity index (χ4n) is 1.79. The van der Waals surface area contributed by atoms with Crippen LogP contribution in [0.2, 0.25) is 0 Å². The molecule has 96 valence electrons. The molecule has 0 saturated carbocycles. The van der Waals surface area contributed by atoms with E-state index in [1.807, 2.05) is 32.0 Å². The molecule has 1 N–H and O–H groups in total. The van der Waals surface area contributed by atoms with Crippen molar-refractivity contribution in [2.24, 2.45) is 0 Å².